The summed E-state index contributed by atoms with van der Waals surface area (Å²) < 4.78 is 10.1. The third kappa shape index (κ3) is 2.07. The first-order chi connectivity index (χ1) is 12.0. The summed E-state index contributed by atoms with van der Waals surface area (Å²) in [6, 6.07) is 7.51. The molecular formula is C19H12O6. The summed E-state index contributed by atoms with van der Waals surface area (Å²) in [6.07, 6.45) is 1.35. The van der Waals surface area contributed by atoms with Crippen molar-refractivity contribution in [3.8, 4) is 5.75 Å². The van der Waals surface area contributed by atoms with Gasteiger partial charge >= 0.3 is 5.97 Å². The van der Waals surface area contributed by atoms with Crippen molar-refractivity contribution in [2.24, 2.45) is 0 Å². The van der Waals surface area contributed by atoms with Crippen molar-refractivity contribution < 1.29 is 28.6 Å². The molecule has 0 radical (unpaired) electrons. The Morgan fingerprint density at radius 2 is 1.92 bits per heavy atom. The average molecular weight is 336 g/mol. The van der Waals surface area contributed by atoms with E-state index < -0.39 is 17.5 Å². The molecule has 0 atom stereocenters. The third-order valence-corrected chi connectivity index (χ3v) is 4.37. The Balaban J connectivity index is 2.02. The topological polar surface area (TPSA) is 93.8 Å². The molecule has 1 heterocycles. The molecule has 1 aromatic heterocycles. The van der Waals surface area contributed by atoms with Crippen LogP contribution in [0.3, 0.4) is 0 Å². The Morgan fingerprint density at radius 3 is 2.68 bits per heavy atom. The Morgan fingerprint density at radius 1 is 1.12 bits per heavy atom. The van der Waals surface area contributed by atoms with Crippen LogP contribution in [0.4, 0.5) is 0 Å². The molecule has 25 heavy (non-hydrogen) atoms. The number of ether oxygens (including phenoxy) is 1. The summed E-state index contributed by atoms with van der Waals surface area (Å²) >= 11 is 0. The number of phenolic OH excluding ortho intramolecular Hbond substituents is 1. The minimum atomic E-state index is -0.479. The molecule has 1 aliphatic carbocycles. The molecule has 1 N–H and O–H groups in total. The molecule has 0 saturated carbocycles. The Hall–Kier alpha value is -3.41. The number of benzene rings is 2. The van der Waals surface area contributed by atoms with Gasteiger partial charge in [0, 0.05) is 16.5 Å². The molecule has 0 amide bonds. The second kappa shape index (κ2) is 5.31. The smallest absolute Gasteiger partial charge is 0.310 e. The molecule has 0 bridgehead atoms. The van der Waals surface area contributed by atoms with Gasteiger partial charge in [-0.1, -0.05) is 12.1 Å². The van der Waals surface area contributed by atoms with E-state index in [0.717, 1.165) is 0 Å². The van der Waals surface area contributed by atoms with Crippen molar-refractivity contribution in [3.63, 3.8) is 0 Å². The number of carbonyl (C=O) groups is 3. The predicted molar refractivity (Wildman–Crippen MR) is 86.9 cm³/mol. The van der Waals surface area contributed by atoms with Gasteiger partial charge in [-0.25, -0.2) is 0 Å². The highest BCUT2D eigenvalue weighted by molar-refractivity contribution is 6.32. The van der Waals surface area contributed by atoms with Crippen molar-refractivity contribution in [2.45, 2.75) is 6.42 Å². The molecule has 0 aliphatic heterocycles. The van der Waals surface area contributed by atoms with Crippen molar-refractivity contribution in [1.82, 2.24) is 0 Å². The van der Waals surface area contributed by atoms with Gasteiger partial charge in [0.1, 0.15) is 11.3 Å². The van der Waals surface area contributed by atoms with E-state index in [-0.39, 0.29) is 40.0 Å². The third-order valence-electron chi connectivity index (χ3n) is 4.37. The number of fused-ring (bicyclic) bond motifs is 4. The summed E-state index contributed by atoms with van der Waals surface area (Å²) in [5.41, 5.74) is 1.13. The molecule has 1 aliphatic rings. The number of ketones is 2. The van der Waals surface area contributed by atoms with E-state index in [9.17, 15) is 19.5 Å². The van der Waals surface area contributed by atoms with Crippen LogP contribution in [0.25, 0.3) is 11.0 Å². The summed E-state index contributed by atoms with van der Waals surface area (Å²) in [5.74, 6) is -1.59. The highest BCUT2D eigenvalue weighted by Gasteiger charge is 2.35. The van der Waals surface area contributed by atoms with E-state index in [1.165, 1.54) is 37.6 Å². The summed E-state index contributed by atoms with van der Waals surface area (Å²) in [5, 5.41) is 10.6. The first-order valence-corrected chi connectivity index (χ1v) is 7.54. The van der Waals surface area contributed by atoms with Crippen molar-refractivity contribution in [1.29, 1.82) is 0 Å². The van der Waals surface area contributed by atoms with Crippen LogP contribution in [-0.4, -0.2) is 29.8 Å². The molecule has 0 spiro atoms. The average Bonchev–Trinajstić information content (AvgIpc) is 3.09. The van der Waals surface area contributed by atoms with Gasteiger partial charge in [-0.2, -0.15) is 0 Å². The summed E-state index contributed by atoms with van der Waals surface area (Å²) in [7, 11) is 1.28. The Bertz CT molecular complexity index is 1070. The van der Waals surface area contributed by atoms with Crippen LogP contribution in [-0.2, 0) is 16.0 Å². The van der Waals surface area contributed by atoms with Crippen molar-refractivity contribution in [2.75, 3.05) is 7.11 Å². The number of carbonyl (C=O) groups excluding carboxylic acids is 3. The number of rotatable bonds is 2. The van der Waals surface area contributed by atoms with Crippen LogP contribution in [0.15, 0.2) is 41.0 Å². The van der Waals surface area contributed by atoms with Gasteiger partial charge in [-0.05, 0) is 23.8 Å². The number of furan rings is 1. The van der Waals surface area contributed by atoms with Gasteiger partial charge in [0.05, 0.1) is 30.9 Å². The second-order valence-electron chi connectivity index (χ2n) is 5.73. The number of hydrogen-bond acceptors (Lipinski definition) is 6. The maximum Gasteiger partial charge on any atom is 0.310 e. The predicted octanol–water partition coefficient (Wildman–Crippen LogP) is 2.63. The van der Waals surface area contributed by atoms with Gasteiger partial charge in [0.2, 0.25) is 5.78 Å². The van der Waals surface area contributed by atoms with Crippen LogP contribution in [0.2, 0.25) is 0 Å². The molecule has 3 aromatic rings. The van der Waals surface area contributed by atoms with E-state index >= 15 is 0 Å². The van der Waals surface area contributed by atoms with Crippen LogP contribution in [0.1, 0.15) is 37.4 Å². The van der Waals surface area contributed by atoms with Crippen molar-refractivity contribution >= 4 is 28.5 Å². The lowest BCUT2D eigenvalue weighted by atomic mass is 9.81. The molecular weight excluding hydrogens is 324 g/mol. The zero-order valence-electron chi connectivity index (χ0n) is 13.2. The fourth-order valence-corrected chi connectivity index (χ4v) is 3.22. The normalized spacial score (nSPS) is 12.8. The van der Waals surface area contributed by atoms with Gasteiger partial charge in [0.15, 0.2) is 5.78 Å². The monoisotopic (exact) mass is 336 g/mol. The first kappa shape index (κ1) is 15.1. The van der Waals surface area contributed by atoms with E-state index in [2.05, 4.69) is 4.74 Å². The summed E-state index contributed by atoms with van der Waals surface area (Å²) in [6.45, 7) is 0. The lowest BCUT2D eigenvalue weighted by molar-refractivity contribution is -0.139. The molecule has 0 saturated heterocycles. The Labute approximate surface area is 141 Å². The minimum absolute atomic E-state index is 0.0292. The van der Waals surface area contributed by atoms with Crippen LogP contribution in [0, 0.1) is 0 Å². The molecule has 2 aromatic carbocycles. The van der Waals surface area contributed by atoms with Gasteiger partial charge < -0.3 is 14.3 Å². The van der Waals surface area contributed by atoms with Gasteiger partial charge in [-0.3, -0.25) is 14.4 Å². The van der Waals surface area contributed by atoms with Crippen LogP contribution < -0.4 is 0 Å². The molecule has 6 nitrogen and oxygen atoms in total. The maximum atomic E-state index is 12.9. The van der Waals surface area contributed by atoms with Crippen LogP contribution in [0.5, 0.6) is 5.75 Å². The fourth-order valence-electron chi connectivity index (χ4n) is 3.22. The van der Waals surface area contributed by atoms with Crippen molar-refractivity contribution in [3.05, 3.63) is 64.4 Å². The minimum Gasteiger partial charge on any atom is -0.507 e. The van der Waals surface area contributed by atoms with Crippen LogP contribution >= 0.6 is 0 Å². The van der Waals surface area contributed by atoms with E-state index in [1.54, 1.807) is 6.07 Å². The first-order valence-electron chi connectivity index (χ1n) is 7.54. The molecule has 0 fully saturated rings. The lowest BCUT2D eigenvalue weighted by Crippen LogP contribution is -2.22. The SMILES string of the molecule is COC(=O)Cc1cc2c(c3occc13)C(=O)c1c(O)cccc1C2=O. The lowest BCUT2D eigenvalue weighted by Gasteiger charge is -2.19. The standard InChI is InChI=1S/C19H12O6/c1-24-14(21)8-9-7-12-16(19-10(9)5-6-25-19)18(23)15-11(17(12)22)3-2-4-13(15)20/h2-7,20H,8H2,1H3. The summed E-state index contributed by atoms with van der Waals surface area (Å²) in [4.78, 5) is 37.4. The van der Waals surface area contributed by atoms with E-state index in [0.29, 0.717) is 10.9 Å². The number of esters is 1. The zero-order valence-corrected chi connectivity index (χ0v) is 13.2. The highest BCUT2D eigenvalue weighted by atomic mass is 16.5. The maximum absolute atomic E-state index is 12.9. The second-order valence-corrected chi connectivity index (χ2v) is 5.73. The number of aromatic hydroxyl groups is 1. The van der Waals surface area contributed by atoms with E-state index in [4.69, 9.17) is 4.42 Å². The fraction of sp³-hybridized carbons (Fsp3) is 0.105. The quantitative estimate of drug-likeness (QED) is 0.566. The molecule has 6 heteroatoms. The van der Waals surface area contributed by atoms with Gasteiger partial charge in [0.25, 0.3) is 0 Å². The number of phenols is 1. The largest absolute Gasteiger partial charge is 0.507 e. The molecule has 4 rings (SSSR count). The Kier molecular flexibility index (Phi) is 3.21. The van der Waals surface area contributed by atoms with E-state index in [1.807, 2.05) is 0 Å². The molecule has 0 unspecified atom stereocenters. The zero-order chi connectivity index (χ0) is 17.7. The highest BCUT2D eigenvalue weighted by Crippen LogP contribution is 2.38. The molecule has 124 valence electrons. The van der Waals surface area contributed by atoms with Gasteiger partial charge in [-0.15, -0.1) is 0 Å². The number of methoxy groups -OCH3 is 1. The number of hydrogen-bond donors (Lipinski definition) is 1.